The summed E-state index contributed by atoms with van der Waals surface area (Å²) in [4.78, 5) is 18.5. The number of rotatable bonds is 2. The first-order valence-corrected chi connectivity index (χ1v) is 2.94. The predicted octanol–water partition coefficient (Wildman–Crippen LogP) is -1.71. The van der Waals surface area contributed by atoms with Crippen LogP contribution >= 0.6 is 0 Å². The Labute approximate surface area is 76.4 Å². The minimum atomic E-state index is -0.995. The number of carboxylic acids is 2. The van der Waals surface area contributed by atoms with Crippen molar-refractivity contribution in [3.05, 3.63) is 0 Å². The van der Waals surface area contributed by atoms with E-state index >= 15 is 0 Å². The molecule has 0 saturated carbocycles. The number of carbonyl (C=O) groups is 2. The molecule has 11 heavy (non-hydrogen) atoms. The molecule has 0 amide bonds. The zero-order valence-corrected chi connectivity index (χ0v) is 7.73. The van der Waals surface area contributed by atoms with Crippen LogP contribution in [0.5, 0.6) is 0 Å². The Hall–Kier alpha value is -0.528. The molecule has 0 aromatic heterocycles. The van der Waals surface area contributed by atoms with Crippen LogP contribution in [0.2, 0.25) is 0 Å². The number of carbonyl (C=O) groups excluding carboxylic acids is 2. The molecule has 4 nitrogen and oxygen atoms in total. The Kier molecular flexibility index (Phi) is 18.6. The largest absolute Gasteiger partial charge is 2.00 e. The smallest absolute Gasteiger partial charge is 0.550 e. The molecule has 0 aromatic rings. The summed E-state index contributed by atoms with van der Waals surface area (Å²) in [6.07, 6.45) is 0.222. The summed E-state index contributed by atoms with van der Waals surface area (Å²) in [5.74, 6) is -1.99. The molecule has 0 heterocycles. The van der Waals surface area contributed by atoms with Crippen molar-refractivity contribution in [3.8, 4) is 0 Å². The van der Waals surface area contributed by atoms with Crippen molar-refractivity contribution in [2.24, 2.45) is 0 Å². The van der Waals surface area contributed by atoms with E-state index in [-0.39, 0.29) is 30.2 Å². The van der Waals surface area contributed by atoms with Crippen LogP contribution < -0.4 is 10.2 Å². The maximum atomic E-state index is 9.26. The first-order chi connectivity index (χ1) is 4.54. The van der Waals surface area contributed by atoms with Crippen molar-refractivity contribution < 1.29 is 37.2 Å². The number of hydrogen-bond acceptors (Lipinski definition) is 4. The zero-order valence-electron chi connectivity index (χ0n) is 6.46. The van der Waals surface area contributed by atoms with E-state index in [1.165, 1.54) is 13.8 Å². The van der Waals surface area contributed by atoms with E-state index < -0.39 is 11.9 Å². The maximum Gasteiger partial charge on any atom is 2.00 e. The van der Waals surface area contributed by atoms with Crippen LogP contribution in [0, 0.1) is 0 Å². The molecule has 0 aromatic carbocycles. The van der Waals surface area contributed by atoms with Crippen molar-refractivity contribution in [1.29, 1.82) is 0 Å². The molecule has 64 valence electrons. The molecule has 0 aliphatic rings. The van der Waals surface area contributed by atoms with Gasteiger partial charge in [0.25, 0.3) is 0 Å². The third-order valence-electron chi connectivity index (χ3n) is 0.577. The quantitative estimate of drug-likeness (QED) is 0.529. The maximum absolute atomic E-state index is 9.26. The van der Waals surface area contributed by atoms with Gasteiger partial charge in [-0.2, -0.15) is 0 Å². The Bertz CT molecular complexity index is 99.1. The van der Waals surface area contributed by atoms with E-state index in [0.29, 0.717) is 0 Å². The fourth-order valence-corrected chi connectivity index (χ4v) is 0. The minimum absolute atomic E-state index is 0. The van der Waals surface area contributed by atoms with Crippen molar-refractivity contribution in [2.75, 3.05) is 0 Å². The monoisotopic (exact) mass is 198 g/mol. The molecule has 0 atom stereocenters. The molecule has 5 heteroatoms. The van der Waals surface area contributed by atoms with Gasteiger partial charge in [-0.1, -0.05) is 13.8 Å². The first kappa shape index (κ1) is 16.8. The van der Waals surface area contributed by atoms with E-state index in [2.05, 4.69) is 0 Å². The van der Waals surface area contributed by atoms with Gasteiger partial charge in [0, 0.05) is 11.9 Å². The molecule has 0 bridgehead atoms. The summed E-state index contributed by atoms with van der Waals surface area (Å²) < 4.78 is 0. The molecule has 0 fully saturated rings. The third kappa shape index (κ3) is 43.9. The molecule has 0 spiro atoms. The van der Waals surface area contributed by atoms with E-state index in [0.717, 1.165) is 0 Å². The fourth-order valence-electron chi connectivity index (χ4n) is 0. The van der Waals surface area contributed by atoms with Gasteiger partial charge in [-0.3, -0.25) is 0 Å². The van der Waals surface area contributed by atoms with Gasteiger partial charge in [0.05, 0.1) is 0 Å². The van der Waals surface area contributed by atoms with Gasteiger partial charge in [-0.05, 0) is 12.8 Å². The zero-order chi connectivity index (χ0) is 8.57. The Balaban J connectivity index is -0.000000107. The second-order valence-electron chi connectivity index (χ2n) is 1.45. The molecule has 0 aliphatic heterocycles. The van der Waals surface area contributed by atoms with Crippen molar-refractivity contribution in [3.63, 3.8) is 0 Å². The van der Waals surface area contributed by atoms with Gasteiger partial charge < -0.3 is 19.8 Å². The Morgan fingerprint density at radius 2 is 1.09 bits per heavy atom. The number of carboxylic acid groups (broad SMARTS) is 2. The summed E-state index contributed by atoms with van der Waals surface area (Å²) in [6, 6.07) is 0. The van der Waals surface area contributed by atoms with Crippen LogP contribution in [-0.2, 0) is 27.0 Å². The van der Waals surface area contributed by atoms with Gasteiger partial charge in [0.15, 0.2) is 0 Å². The predicted molar refractivity (Wildman–Crippen MR) is 30.6 cm³/mol. The molecule has 0 unspecified atom stereocenters. The van der Waals surface area contributed by atoms with E-state index in [9.17, 15) is 19.8 Å². The number of aliphatic carboxylic acids is 2. The normalized spacial score (nSPS) is 6.73. The molecular formula is C6H10CrO4. The summed E-state index contributed by atoms with van der Waals surface area (Å²) in [7, 11) is 0. The minimum Gasteiger partial charge on any atom is -0.550 e. The van der Waals surface area contributed by atoms with Crippen LogP contribution in [-0.4, -0.2) is 11.9 Å². The van der Waals surface area contributed by atoms with Gasteiger partial charge in [-0.25, -0.2) is 0 Å². The number of hydrogen-bond donors (Lipinski definition) is 0. The van der Waals surface area contributed by atoms with Crippen LogP contribution in [0.1, 0.15) is 26.7 Å². The summed E-state index contributed by atoms with van der Waals surface area (Å²) >= 11 is 0. The van der Waals surface area contributed by atoms with Gasteiger partial charge in [-0.15, -0.1) is 0 Å². The molecule has 0 aliphatic carbocycles. The van der Waals surface area contributed by atoms with Crippen LogP contribution in [0.15, 0.2) is 0 Å². The van der Waals surface area contributed by atoms with Gasteiger partial charge in [0.2, 0.25) is 0 Å². The third-order valence-corrected chi connectivity index (χ3v) is 0.577. The Morgan fingerprint density at radius 3 is 1.09 bits per heavy atom. The summed E-state index contributed by atoms with van der Waals surface area (Å²) in [5.41, 5.74) is 0. The van der Waals surface area contributed by atoms with Crippen LogP contribution in [0.3, 0.4) is 0 Å². The van der Waals surface area contributed by atoms with Gasteiger partial charge in [0.1, 0.15) is 0 Å². The van der Waals surface area contributed by atoms with E-state index in [1.807, 2.05) is 0 Å². The average molecular weight is 198 g/mol. The molecule has 0 rings (SSSR count). The molecule has 0 saturated heterocycles. The van der Waals surface area contributed by atoms with E-state index in [1.54, 1.807) is 0 Å². The fraction of sp³-hybridized carbons (Fsp3) is 0.667. The molecule has 0 N–H and O–H groups in total. The second-order valence-corrected chi connectivity index (χ2v) is 1.45. The second kappa shape index (κ2) is 12.2. The first-order valence-electron chi connectivity index (χ1n) is 2.94. The Morgan fingerprint density at radius 1 is 1.00 bits per heavy atom. The molecular weight excluding hydrogens is 188 g/mol. The van der Waals surface area contributed by atoms with Crippen LogP contribution in [0.4, 0.5) is 0 Å². The topological polar surface area (TPSA) is 80.3 Å². The standard InChI is InChI=1S/2C3H6O2.Cr/c2*1-2-3(4)5;/h2*2H2,1H3,(H,4,5);/q;;+2/p-2. The summed E-state index contributed by atoms with van der Waals surface area (Å²) in [6.45, 7) is 3.07. The average Bonchev–Trinajstić information content (AvgIpc) is 1.89. The van der Waals surface area contributed by atoms with Crippen LogP contribution in [0.25, 0.3) is 0 Å². The van der Waals surface area contributed by atoms with Crippen molar-refractivity contribution in [2.45, 2.75) is 26.7 Å². The van der Waals surface area contributed by atoms with E-state index in [4.69, 9.17) is 0 Å². The summed E-state index contributed by atoms with van der Waals surface area (Å²) in [5, 5.41) is 18.5. The van der Waals surface area contributed by atoms with Crippen molar-refractivity contribution >= 4 is 11.9 Å². The SMILES string of the molecule is CCC(=O)[O-].CCC(=O)[O-].[Cr+2]. The van der Waals surface area contributed by atoms with Gasteiger partial charge >= 0.3 is 17.4 Å². The van der Waals surface area contributed by atoms with Crippen molar-refractivity contribution in [1.82, 2.24) is 0 Å². The molecule has 0 radical (unpaired) electrons.